The summed E-state index contributed by atoms with van der Waals surface area (Å²) in [4.78, 5) is 12.4. The average molecular weight is 346 g/mol. The van der Waals surface area contributed by atoms with Gasteiger partial charge in [0, 0.05) is 5.70 Å². The standard InChI is InChI=1S/C18H22N2O3S/c1-5-9-23-13-8-6-7-12(10-13)16-14(17(21)22-4)15(11(2)3)19-18(24)20-16/h5-8,10-11,16H,1,9H2,2-4H3,(H2,19,20,24)/t16-/m0/s1. The lowest BCUT2D eigenvalue weighted by atomic mass is 9.91. The zero-order chi connectivity index (χ0) is 17.7. The third-order valence-corrected chi connectivity index (χ3v) is 3.86. The van der Waals surface area contributed by atoms with Crippen molar-refractivity contribution in [2.45, 2.75) is 19.9 Å². The zero-order valence-electron chi connectivity index (χ0n) is 14.1. The van der Waals surface area contributed by atoms with Crippen molar-refractivity contribution >= 4 is 23.3 Å². The summed E-state index contributed by atoms with van der Waals surface area (Å²) in [6.07, 6.45) is 1.68. The number of rotatable bonds is 6. The molecule has 1 aromatic carbocycles. The van der Waals surface area contributed by atoms with Gasteiger partial charge in [0.15, 0.2) is 5.11 Å². The van der Waals surface area contributed by atoms with E-state index in [1.54, 1.807) is 6.08 Å². The molecule has 0 saturated carbocycles. The van der Waals surface area contributed by atoms with Gasteiger partial charge in [-0.1, -0.05) is 38.6 Å². The molecule has 0 spiro atoms. The van der Waals surface area contributed by atoms with Crippen molar-refractivity contribution in [3.05, 3.63) is 53.8 Å². The van der Waals surface area contributed by atoms with E-state index in [4.69, 9.17) is 21.7 Å². The minimum atomic E-state index is -0.393. The highest BCUT2D eigenvalue weighted by Crippen LogP contribution is 2.31. The number of esters is 1. The SMILES string of the molecule is C=CCOc1cccc([C@@H]2NC(=S)NC(C(C)C)=C2C(=O)OC)c1. The minimum Gasteiger partial charge on any atom is -0.490 e. The molecule has 6 heteroatoms. The summed E-state index contributed by atoms with van der Waals surface area (Å²) >= 11 is 5.30. The first-order valence-electron chi connectivity index (χ1n) is 7.71. The van der Waals surface area contributed by atoms with Crippen LogP contribution in [0.15, 0.2) is 48.2 Å². The maximum Gasteiger partial charge on any atom is 0.337 e. The van der Waals surface area contributed by atoms with E-state index in [2.05, 4.69) is 17.2 Å². The molecule has 24 heavy (non-hydrogen) atoms. The van der Waals surface area contributed by atoms with Crippen LogP contribution in [0.1, 0.15) is 25.5 Å². The maximum absolute atomic E-state index is 12.4. The molecular formula is C18H22N2O3S. The van der Waals surface area contributed by atoms with E-state index >= 15 is 0 Å². The molecule has 2 N–H and O–H groups in total. The fourth-order valence-corrected chi connectivity index (χ4v) is 2.79. The molecular weight excluding hydrogens is 324 g/mol. The Hall–Kier alpha value is -2.34. The van der Waals surface area contributed by atoms with E-state index in [-0.39, 0.29) is 11.9 Å². The van der Waals surface area contributed by atoms with Crippen molar-refractivity contribution in [1.82, 2.24) is 10.6 Å². The molecule has 0 fully saturated rings. The highest BCUT2D eigenvalue weighted by molar-refractivity contribution is 7.80. The van der Waals surface area contributed by atoms with Gasteiger partial charge in [0.25, 0.3) is 0 Å². The summed E-state index contributed by atoms with van der Waals surface area (Å²) in [6, 6.07) is 7.15. The van der Waals surface area contributed by atoms with Crippen molar-refractivity contribution in [2.24, 2.45) is 5.92 Å². The molecule has 1 aromatic rings. The number of carbonyl (C=O) groups is 1. The summed E-state index contributed by atoms with van der Waals surface area (Å²) in [6.45, 7) is 8.06. The Balaban J connectivity index is 2.49. The molecule has 0 unspecified atom stereocenters. The lowest BCUT2D eigenvalue weighted by Crippen LogP contribution is -2.46. The highest BCUT2D eigenvalue weighted by Gasteiger charge is 2.33. The molecule has 0 radical (unpaired) electrons. The first-order valence-corrected chi connectivity index (χ1v) is 8.12. The normalized spacial score (nSPS) is 17.2. The van der Waals surface area contributed by atoms with Gasteiger partial charge in [-0.15, -0.1) is 0 Å². The highest BCUT2D eigenvalue weighted by atomic mass is 32.1. The average Bonchev–Trinajstić information content (AvgIpc) is 2.58. The van der Waals surface area contributed by atoms with Crippen LogP contribution in [-0.4, -0.2) is 24.8 Å². The molecule has 0 saturated heterocycles. The topological polar surface area (TPSA) is 59.6 Å². The van der Waals surface area contributed by atoms with E-state index in [0.717, 1.165) is 11.3 Å². The van der Waals surface area contributed by atoms with Gasteiger partial charge in [0.05, 0.1) is 18.7 Å². The van der Waals surface area contributed by atoms with Gasteiger partial charge >= 0.3 is 5.97 Å². The smallest absolute Gasteiger partial charge is 0.337 e. The first-order chi connectivity index (χ1) is 11.5. The summed E-state index contributed by atoms with van der Waals surface area (Å²) in [7, 11) is 1.38. The number of hydrogen-bond acceptors (Lipinski definition) is 4. The van der Waals surface area contributed by atoms with Crippen LogP contribution in [0, 0.1) is 5.92 Å². The maximum atomic E-state index is 12.4. The van der Waals surface area contributed by atoms with Crippen LogP contribution in [0.2, 0.25) is 0 Å². The van der Waals surface area contributed by atoms with E-state index in [1.807, 2.05) is 38.1 Å². The number of allylic oxidation sites excluding steroid dienone is 1. The third kappa shape index (κ3) is 3.94. The molecule has 1 heterocycles. The van der Waals surface area contributed by atoms with Gasteiger partial charge in [-0.2, -0.15) is 0 Å². The van der Waals surface area contributed by atoms with Crippen LogP contribution in [0.25, 0.3) is 0 Å². The van der Waals surface area contributed by atoms with Crippen molar-refractivity contribution in [2.75, 3.05) is 13.7 Å². The number of ether oxygens (including phenoxy) is 2. The number of thiocarbonyl (C=S) groups is 1. The predicted molar refractivity (Wildman–Crippen MR) is 97.6 cm³/mol. The van der Waals surface area contributed by atoms with E-state index < -0.39 is 6.04 Å². The Kier molecular flexibility index (Phi) is 5.98. The van der Waals surface area contributed by atoms with Crippen molar-refractivity contribution < 1.29 is 14.3 Å². The van der Waals surface area contributed by atoms with Gasteiger partial charge in [0.1, 0.15) is 12.4 Å². The van der Waals surface area contributed by atoms with E-state index in [1.165, 1.54) is 7.11 Å². The Morgan fingerprint density at radius 2 is 2.21 bits per heavy atom. The molecule has 1 aliphatic heterocycles. The van der Waals surface area contributed by atoms with Crippen molar-refractivity contribution in [3.63, 3.8) is 0 Å². The molecule has 2 rings (SSSR count). The number of nitrogens with one attached hydrogen (secondary N) is 2. The van der Waals surface area contributed by atoms with Crippen LogP contribution < -0.4 is 15.4 Å². The summed E-state index contributed by atoms with van der Waals surface area (Å²) in [5.74, 6) is 0.416. The van der Waals surface area contributed by atoms with Gasteiger partial charge in [-0.05, 0) is 35.8 Å². The van der Waals surface area contributed by atoms with Crippen molar-refractivity contribution in [3.8, 4) is 5.75 Å². The molecule has 0 bridgehead atoms. The largest absolute Gasteiger partial charge is 0.490 e. The molecule has 1 aliphatic rings. The van der Waals surface area contributed by atoms with Crippen LogP contribution >= 0.6 is 12.2 Å². The number of hydrogen-bond donors (Lipinski definition) is 2. The lowest BCUT2D eigenvalue weighted by Gasteiger charge is -2.32. The van der Waals surface area contributed by atoms with Crippen LogP contribution in [0.5, 0.6) is 5.75 Å². The second-order valence-electron chi connectivity index (χ2n) is 5.68. The molecule has 0 aliphatic carbocycles. The van der Waals surface area contributed by atoms with Crippen LogP contribution in [0.3, 0.4) is 0 Å². The second-order valence-corrected chi connectivity index (χ2v) is 6.09. The molecule has 1 atom stereocenters. The van der Waals surface area contributed by atoms with Crippen LogP contribution in [0.4, 0.5) is 0 Å². The number of methoxy groups -OCH3 is 1. The first kappa shape index (κ1) is 18.0. The Morgan fingerprint density at radius 3 is 2.83 bits per heavy atom. The Bertz CT molecular complexity index is 683. The van der Waals surface area contributed by atoms with Gasteiger partial charge in [0.2, 0.25) is 0 Å². The quantitative estimate of drug-likeness (QED) is 0.469. The van der Waals surface area contributed by atoms with E-state index in [9.17, 15) is 4.79 Å². The monoisotopic (exact) mass is 346 g/mol. The van der Waals surface area contributed by atoms with Gasteiger partial charge in [-0.25, -0.2) is 4.79 Å². The summed E-state index contributed by atoms with van der Waals surface area (Å²) in [5, 5.41) is 6.72. The summed E-state index contributed by atoms with van der Waals surface area (Å²) < 4.78 is 10.6. The summed E-state index contributed by atoms with van der Waals surface area (Å²) in [5.41, 5.74) is 2.17. The molecule has 0 amide bonds. The van der Waals surface area contributed by atoms with Gasteiger partial charge < -0.3 is 20.1 Å². The predicted octanol–water partition coefficient (Wildman–Crippen LogP) is 2.85. The van der Waals surface area contributed by atoms with Crippen LogP contribution in [-0.2, 0) is 9.53 Å². The van der Waals surface area contributed by atoms with Crippen molar-refractivity contribution in [1.29, 1.82) is 0 Å². The third-order valence-electron chi connectivity index (χ3n) is 3.64. The number of benzene rings is 1. The second kappa shape index (κ2) is 7.97. The lowest BCUT2D eigenvalue weighted by molar-refractivity contribution is -0.136. The fraction of sp³-hybridized carbons (Fsp3) is 0.333. The minimum absolute atomic E-state index is 0.0989. The number of carbonyl (C=O) groups excluding carboxylic acids is 1. The van der Waals surface area contributed by atoms with E-state index in [0.29, 0.717) is 23.0 Å². The molecule has 128 valence electrons. The fourth-order valence-electron chi connectivity index (χ4n) is 2.57. The van der Waals surface area contributed by atoms with Gasteiger partial charge in [-0.3, -0.25) is 0 Å². The molecule has 5 nitrogen and oxygen atoms in total. The Morgan fingerprint density at radius 1 is 1.46 bits per heavy atom. The molecule has 0 aromatic heterocycles. The Labute approximate surface area is 147 Å². The zero-order valence-corrected chi connectivity index (χ0v) is 14.9.